The summed E-state index contributed by atoms with van der Waals surface area (Å²) in [6.07, 6.45) is 4.59. The molecule has 0 aliphatic heterocycles. The highest BCUT2D eigenvalue weighted by atomic mass is 32.2. The Hall–Kier alpha value is -2.92. The normalized spacial score (nSPS) is 11.5. The number of carbonyl (C=O) groups is 1. The van der Waals surface area contributed by atoms with Gasteiger partial charge in [-0.15, -0.1) is 11.8 Å². The Morgan fingerprint density at radius 1 is 0.879 bits per heavy atom. The molecule has 3 rings (SSSR count). The maximum absolute atomic E-state index is 13.9. The van der Waals surface area contributed by atoms with E-state index in [2.05, 4.69) is 26.0 Å². The van der Waals surface area contributed by atoms with Gasteiger partial charge in [0.25, 0.3) is 0 Å². The number of hydrogen-bond acceptors (Lipinski definition) is 3. The molecule has 0 unspecified atom stereocenters. The van der Waals surface area contributed by atoms with Crippen molar-refractivity contribution in [3.63, 3.8) is 0 Å². The molecule has 0 saturated heterocycles. The van der Waals surface area contributed by atoms with Crippen LogP contribution >= 0.6 is 11.8 Å². The fourth-order valence-electron chi connectivity index (χ4n) is 3.51. The Morgan fingerprint density at radius 2 is 1.58 bits per heavy atom. The molecule has 0 aliphatic rings. The van der Waals surface area contributed by atoms with E-state index in [1.165, 1.54) is 30.4 Å². The van der Waals surface area contributed by atoms with Gasteiger partial charge in [0.05, 0.1) is 12.7 Å². The van der Waals surface area contributed by atoms with Crippen LogP contribution in [0.4, 0.5) is 8.78 Å². The molecule has 0 bridgehead atoms. The van der Waals surface area contributed by atoms with Crippen LogP contribution in [0.5, 0.6) is 0 Å². The molecular weight excluding hydrogens is 438 g/mol. The Bertz CT molecular complexity index is 1120. The van der Waals surface area contributed by atoms with E-state index in [0.717, 1.165) is 47.1 Å². The van der Waals surface area contributed by atoms with E-state index in [4.69, 9.17) is 4.74 Å². The predicted molar refractivity (Wildman–Crippen MR) is 133 cm³/mol. The van der Waals surface area contributed by atoms with Gasteiger partial charge in [-0.1, -0.05) is 24.3 Å². The van der Waals surface area contributed by atoms with Gasteiger partial charge in [0.15, 0.2) is 0 Å². The van der Waals surface area contributed by atoms with Crippen molar-refractivity contribution >= 4 is 29.4 Å². The van der Waals surface area contributed by atoms with Crippen molar-refractivity contribution in [3.05, 3.63) is 100 Å². The van der Waals surface area contributed by atoms with Gasteiger partial charge < -0.3 is 4.74 Å². The van der Waals surface area contributed by atoms with Crippen LogP contribution in [0, 0.1) is 25.5 Å². The van der Waals surface area contributed by atoms with Gasteiger partial charge in [-0.05, 0) is 103 Å². The number of aryl methyl sites for hydroxylation is 2. The first-order chi connectivity index (χ1) is 15.9. The first-order valence-electron chi connectivity index (χ1n) is 10.9. The van der Waals surface area contributed by atoms with Crippen LogP contribution in [0.15, 0.2) is 65.6 Å². The van der Waals surface area contributed by atoms with Crippen LogP contribution in [0.1, 0.15) is 51.9 Å². The van der Waals surface area contributed by atoms with Gasteiger partial charge in [0, 0.05) is 11.0 Å². The molecule has 3 aromatic rings. The second kappa shape index (κ2) is 11.8. The third-order valence-corrected chi connectivity index (χ3v) is 6.59. The van der Waals surface area contributed by atoms with Gasteiger partial charge in [-0.2, -0.15) is 0 Å². The number of ether oxygens (including phenoxy) is 1. The highest BCUT2D eigenvalue weighted by Gasteiger charge is 2.08. The Kier molecular flexibility index (Phi) is 8.84. The zero-order valence-electron chi connectivity index (χ0n) is 19.2. The molecule has 3 aromatic carbocycles. The number of unbranched alkanes of at least 4 members (excludes halogenated alkanes) is 1. The van der Waals surface area contributed by atoms with Crippen molar-refractivity contribution in [2.24, 2.45) is 0 Å². The molecular formula is C28H28F2O2S. The predicted octanol–water partition coefficient (Wildman–Crippen LogP) is 7.87. The SMILES string of the molecule is COC(=O)c1ccc(SCCCC/C(=C/c2ccc(C)c(C)c2)c2cc(F)cc(F)c2)cc1. The number of carbonyl (C=O) groups excluding carboxylic acids is 1. The highest BCUT2D eigenvalue weighted by Crippen LogP contribution is 2.27. The van der Waals surface area contributed by atoms with Gasteiger partial charge >= 0.3 is 5.97 Å². The number of hydrogen-bond donors (Lipinski definition) is 0. The lowest BCUT2D eigenvalue weighted by molar-refractivity contribution is 0.0600. The van der Waals surface area contributed by atoms with Crippen molar-refractivity contribution in [1.82, 2.24) is 0 Å². The summed E-state index contributed by atoms with van der Waals surface area (Å²) < 4.78 is 32.5. The summed E-state index contributed by atoms with van der Waals surface area (Å²) in [5.74, 6) is -0.571. The summed E-state index contributed by atoms with van der Waals surface area (Å²) in [7, 11) is 1.37. The van der Waals surface area contributed by atoms with Gasteiger partial charge in [-0.3, -0.25) is 0 Å². The first-order valence-corrected chi connectivity index (χ1v) is 11.9. The summed E-state index contributed by atoms with van der Waals surface area (Å²) in [6, 6.07) is 17.2. The zero-order chi connectivity index (χ0) is 23.8. The smallest absolute Gasteiger partial charge is 0.337 e. The fourth-order valence-corrected chi connectivity index (χ4v) is 4.42. The quantitative estimate of drug-likeness (QED) is 0.139. The average molecular weight is 467 g/mol. The van der Waals surface area contributed by atoms with Crippen LogP contribution in [0.2, 0.25) is 0 Å². The Balaban J connectivity index is 1.65. The number of halogens is 2. The molecule has 0 heterocycles. The van der Waals surface area contributed by atoms with E-state index >= 15 is 0 Å². The van der Waals surface area contributed by atoms with Crippen LogP contribution in [-0.4, -0.2) is 18.8 Å². The Labute approximate surface area is 198 Å². The van der Waals surface area contributed by atoms with Crippen LogP contribution in [0.25, 0.3) is 11.6 Å². The molecule has 0 aromatic heterocycles. The summed E-state index contributed by atoms with van der Waals surface area (Å²) in [5.41, 5.74) is 5.45. The number of benzene rings is 3. The molecule has 33 heavy (non-hydrogen) atoms. The second-order valence-corrected chi connectivity index (χ2v) is 9.16. The molecule has 0 aliphatic carbocycles. The topological polar surface area (TPSA) is 26.3 Å². The van der Waals surface area contributed by atoms with E-state index in [0.29, 0.717) is 11.1 Å². The summed E-state index contributed by atoms with van der Waals surface area (Å²) >= 11 is 1.72. The number of thioether (sulfide) groups is 1. The number of methoxy groups -OCH3 is 1. The van der Waals surface area contributed by atoms with Crippen molar-refractivity contribution < 1.29 is 18.3 Å². The summed E-state index contributed by atoms with van der Waals surface area (Å²) in [5, 5.41) is 0. The van der Waals surface area contributed by atoms with Crippen LogP contribution < -0.4 is 0 Å². The molecule has 0 fully saturated rings. The molecule has 0 saturated carbocycles. The van der Waals surface area contributed by atoms with Crippen molar-refractivity contribution in [2.45, 2.75) is 38.0 Å². The largest absolute Gasteiger partial charge is 0.465 e. The van der Waals surface area contributed by atoms with E-state index < -0.39 is 11.6 Å². The maximum atomic E-state index is 13.9. The third-order valence-electron chi connectivity index (χ3n) is 5.49. The monoisotopic (exact) mass is 466 g/mol. The average Bonchev–Trinajstić information content (AvgIpc) is 2.79. The molecule has 172 valence electrons. The lowest BCUT2D eigenvalue weighted by Gasteiger charge is -2.11. The van der Waals surface area contributed by atoms with E-state index in [9.17, 15) is 13.6 Å². The van der Waals surface area contributed by atoms with Crippen molar-refractivity contribution in [2.75, 3.05) is 12.9 Å². The number of rotatable bonds is 9. The standard InChI is InChI=1S/C28H28F2O2S/c1-19-7-8-21(14-20(19)2)15-23(24-16-25(29)18-26(30)17-24)6-4-5-13-33-27-11-9-22(10-12-27)28(31)32-3/h7-12,14-18H,4-6,13H2,1-3H3/b23-15-. The zero-order valence-corrected chi connectivity index (χ0v) is 20.0. The Morgan fingerprint density at radius 3 is 2.21 bits per heavy atom. The lowest BCUT2D eigenvalue weighted by Crippen LogP contribution is -2.00. The molecule has 0 spiro atoms. The minimum Gasteiger partial charge on any atom is -0.465 e. The molecule has 0 N–H and O–H groups in total. The molecule has 0 amide bonds. The van der Waals surface area contributed by atoms with E-state index in [1.807, 2.05) is 24.3 Å². The molecule has 2 nitrogen and oxygen atoms in total. The first kappa shape index (κ1) is 24.7. The number of allylic oxidation sites excluding steroid dienone is 1. The summed E-state index contributed by atoms with van der Waals surface area (Å²) in [4.78, 5) is 12.6. The fraction of sp³-hybridized carbons (Fsp3) is 0.250. The van der Waals surface area contributed by atoms with E-state index in [1.54, 1.807) is 23.9 Å². The van der Waals surface area contributed by atoms with Gasteiger partial charge in [0.2, 0.25) is 0 Å². The van der Waals surface area contributed by atoms with E-state index in [-0.39, 0.29) is 5.97 Å². The second-order valence-electron chi connectivity index (χ2n) is 7.99. The third kappa shape index (κ3) is 7.29. The van der Waals surface area contributed by atoms with Crippen LogP contribution in [0.3, 0.4) is 0 Å². The molecule has 0 radical (unpaired) electrons. The minimum atomic E-state index is -0.568. The van der Waals surface area contributed by atoms with Gasteiger partial charge in [0.1, 0.15) is 11.6 Å². The van der Waals surface area contributed by atoms with Crippen molar-refractivity contribution in [1.29, 1.82) is 0 Å². The summed E-state index contributed by atoms with van der Waals surface area (Å²) in [6.45, 7) is 4.12. The number of esters is 1. The molecule has 0 atom stereocenters. The van der Waals surface area contributed by atoms with Crippen LogP contribution in [-0.2, 0) is 4.74 Å². The molecule has 5 heteroatoms. The highest BCUT2D eigenvalue weighted by molar-refractivity contribution is 7.99. The van der Waals surface area contributed by atoms with Gasteiger partial charge in [-0.25, -0.2) is 13.6 Å². The minimum absolute atomic E-state index is 0.344. The van der Waals surface area contributed by atoms with Crippen molar-refractivity contribution in [3.8, 4) is 0 Å². The lowest BCUT2D eigenvalue weighted by atomic mass is 9.96. The maximum Gasteiger partial charge on any atom is 0.337 e.